The Bertz CT molecular complexity index is 495. The second kappa shape index (κ2) is 6.50. The molecule has 2 unspecified atom stereocenters. The van der Waals surface area contributed by atoms with Gasteiger partial charge in [0.2, 0.25) is 10.0 Å². The van der Waals surface area contributed by atoms with Crippen LogP contribution in [0.15, 0.2) is 29.2 Å². The highest BCUT2D eigenvalue weighted by Crippen LogP contribution is 2.20. The van der Waals surface area contributed by atoms with Crippen LogP contribution in [0, 0.1) is 0 Å². The van der Waals surface area contributed by atoms with Crippen molar-refractivity contribution in [3.05, 3.63) is 29.8 Å². The summed E-state index contributed by atoms with van der Waals surface area (Å²) in [6.45, 7) is 5.85. The maximum Gasteiger partial charge on any atom is 0.243 e. The van der Waals surface area contributed by atoms with Crippen molar-refractivity contribution in [1.82, 2.24) is 4.31 Å². The number of rotatable bonds is 6. The van der Waals surface area contributed by atoms with Gasteiger partial charge in [0.25, 0.3) is 0 Å². The summed E-state index contributed by atoms with van der Waals surface area (Å²) in [6.07, 6.45) is 1.82. The molecule has 5 heteroatoms. The molecular formula is C14H24N2O2S. The van der Waals surface area contributed by atoms with E-state index in [4.69, 9.17) is 5.73 Å². The zero-order valence-electron chi connectivity index (χ0n) is 12.1. The van der Waals surface area contributed by atoms with Gasteiger partial charge in [-0.15, -0.1) is 0 Å². The first-order valence-electron chi connectivity index (χ1n) is 6.64. The zero-order valence-corrected chi connectivity index (χ0v) is 12.9. The summed E-state index contributed by atoms with van der Waals surface area (Å²) in [5.74, 6) is 0. The smallest absolute Gasteiger partial charge is 0.243 e. The zero-order chi connectivity index (χ0) is 14.6. The number of hydrogen-bond donors (Lipinski definition) is 1. The first-order chi connectivity index (χ1) is 8.80. The first-order valence-corrected chi connectivity index (χ1v) is 8.08. The van der Waals surface area contributed by atoms with Gasteiger partial charge in [0.05, 0.1) is 4.90 Å². The fraction of sp³-hybridized carbons (Fsp3) is 0.571. The molecule has 0 aliphatic heterocycles. The van der Waals surface area contributed by atoms with Crippen LogP contribution < -0.4 is 5.73 Å². The average Bonchev–Trinajstić information content (AvgIpc) is 2.38. The Labute approximate surface area is 116 Å². The molecule has 0 fully saturated rings. The van der Waals surface area contributed by atoms with E-state index in [-0.39, 0.29) is 12.1 Å². The fourth-order valence-corrected chi connectivity index (χ4v) is 3.34. The van der Waals surface area contributed by atoms with Gasteiger partial charge in [-0.3, -0.25) is 0 Å². The lowest BCUT2D eigenvalue weighted by Crippen LogP contribution is -2.35. The van der Waals surface area contributed by atoms with E-state index in [1.165, 1.54) is 4.31 Å². The molecule has 0 aliphatic rings. The van der Waals surface area contributed by atoms with Crippen molar-refractivity contribution in [3.63, 3.8) is 0 Å². The minimum absolute atomic E-state index is 0.00288. The predicted octanol–water partition coefficient (Wildman–Crippen LogP) is 2.52. The van der Waals surface area contributed by atoms with Crippen LogP contribution in [0.5, 0.6) is 0 Å². The van der Waals surface area contributed by atoms with Gasteiger partial charge in [-0.1, -0.05) is 25.5 Å². The van der Waals surface area contributed by atoms with Gasteiger partial charge >= 0.3 is 0 Å². The minimum Gasteiger partial charge on any atom is -0.324 e. The third-order valence-electron chi connectivity index (χ3n) is 3.41. The molecule has 0 aliphatic carbocycles. The van der Waals surface area contributed by atoms with Crippen molar-refractivity contribution in [2.24, 2.45) is 5.73 Å². The van der Waals surface area contributed by atoms with Gasteiger partial charge in [-0.05, 0) is 38.0 Å². The van der Waals surface area contributed by atoms with E-state index in [1.54, 1.807) is 31.3 Å². The van der Waals surface area contributed by atoms with Gasteiger partial charge in [0, 0.05) is 19.1 Å². The number of benzene rings is 1. The van der Waals surface area contributed by atoms with Crippen LogP contribution in [0.2, 0.25) is 0 Å². The molecule has 0 saturated heterocycles. The Morgan fingerprint density at radius 2 is 1.74 bits per heavy atom. The molecule has 2 N–H and O–H groups in total. The van der Waals surface area contributed by atoms with Crippen molar-refractivity contribution in [2.45, 2.75) is 50.6 Å². The van der Waals surface area contributed by atoms with Crippen molar-refractivity contribution >= 4 is 10.0 Å². The Morgan fingerprint density at radius 1 is 1.21 bits per heavy atom. The van der Waals surface area contributed by atoms with Crippen molar-refractivity contribution in [3.8, 4) is 0 Å². The fourth-order valence-electron chi connectivity index (χ4n) is 1.95. The monoisotopic (exact) mass is 284 g/mol. The Hall–Kier alpha value is -0.910. The highest BCUT2D eigenvalue weighted by Gasteiger charge is 2.24. The number of sulfonamides is 1. The molecule has 1 aromatic rings. The first kappa shape index (κ1) is 16.1. The summed E-state index contributed by atoms with van der Waals surface area (Å²) in [6, 6.07) is 6.72. The van der Waals surface area contributed by atoms with Crippen LogP contribution in [-0.2, 0) is 10.0 Å². The van der Waals surface area contributed by atoms with Gasteiger partial charge < -0.3 is 5.73 Å². The Balaban J connectivity index is 3.00. The highest BCUT2D eigenvalue weighted by molar-refractivity contribution is 7.89. The maximum atomic E-state index is 12.4. The largest absolute Gasteiger partial charge is 0.324 e. The van der Waals surface area contributed by atoms with Gasteiger partial charge in [0.15, 0.2) is 0 Å². The van der Waals surface area contributed by atoms with E-state index in [0.29, 0.717) is 4.90 Å². The minimum atomic E-state index is -3.41. The molecule has 0 aromatic heterocycles. The van der Waals surface area contributed by atoms with Crippen LogP contribution in [0.25, 0.3) is 0 Å². The van der Waals surface area contributed by atoms with Gasteiger partial charge in [-0.2, -0.15) is 4.31 Å². The molecule has 19 heavy (non-hydrogen) atoms. The van der Waals surface area contributed by atoms with E-state index < -0.39 is 10.0 Å². The SMILES string of the molecule is CCCC(C)N(C)S(=O)(=O)c1ccc(C(C)N)cc1. The van der Waals surface area contributed by atoms with Crippen LogP contribution in [0.1, 0.15) is 45.2 Å². The highest BCUT2D eigenvalue weighted by atomic mass is 32.2. The summed E-state index contributed by atoms with van der Waals surface area (Å²) < 4.78 is 26.3. The van der Waals surface area contributed by atoms with Gasteiger partial charge in [0.1, 0.15) is 0 Å². The summed E-state index contributed by atoms with van der Waals surface area (Å²) in [4.78, 5) is 0.322. The molecule has 0 radical (unpaired) electrons. The lowest BCUT2D eigenvalue weighted by atomic mass is 10.1. The average molecular weight is 284 g/mol. The second-order valence-electron chi connectivity index (χ2n) is 5.02. The standard InChI is InChI=1S/C14H24N2O2S/c1-5-6-11(2)16(4)19(17,18)14-9-7-13(8-10-14)12(3)15/h7-12H,5-6,15H2,1-4H3. The normalized spacial score (nSPS) is 15.5. The molecule has 0 spiro atoms. The molecule has 0 bridgehead atoms. The summed E-state index contributed by atoms with van der Waals surface area (Å²) >= 11 is 0. The summed E-state index contributed by atoms with van der Waals surface area (Å²) in [5.41, 5.74) is 6.69. The van der Waals surface area contributed by atoms with Crippen LogP contribution >= 0.6 is 0 Å². The van der Waals surface area contributed by atoms with E-state index in [2.05, 4.69) is 0 Å². The number of hydrogen-bond acceptors (Lipinski definition) is 3. The lowest BCUT2D eigenvalue weighted by molar-refractivity contribution is 0.368. The van der Waals surface area contributed by atoms with Crippen molar-refractivity contribution in [1.29, 1.82) is 0 Å². The molecule has 1 aromatic carbocycles. The van der Waals surface area contributed by atoms with E-state index >= 15 is 0 Å². The maximum absolute atomic E-state index is 12.4. The van der Waals surface area contributed by atoms with E-state index in [9.17, 15) is 8.42 Å². The number of nitrogens with zero attached hydrogens (tertiary/aromatic N) is 1. The topological polar surface area (TPSA) is 63.4 Å². The molecule has 4 nitrogen and oxygen atoms in total. The van der Waals surface area contributed by atoms with Crippen molar-refractivity contribution < 1.29 is 8.42 Å². The molecular weight excluding hydrogens is 260 g/mol. The Morgan fingerprint density at radius 3 is 2.16 bits per heavy atom. The van der Waals surface area contributed by atoms with Crippen LogP contribution in [0.3, 0.4) is 0 Å². The third kappa shape index (κ3) is 3.78. The quantitative estimate of drug-likeness (QED) is 0.873. The third-order valence-corrected chi connectivity index (χ3v) is 5.40. The summed E-state index contributed by atoms with van der Waals surface area (Å²) in [5, 5.41) is 0. The number of nitrogens with two attached hydrogens (primary N) is 1. The summed E-state index contributed by atoms with van der Waals surface area (Å²) in [7, 11) is -1.78. The second-order valence-corrected chi connectivity index (χ2v) is 7.01. The van der Waals surface area contributed by atoms with Gasteiger partial charge in [-0.25, -0.2) is 8.42 Å². The molecule has 108 valence electrons. The lowest BCUT2D eigenvalue weighted by Gasteiger charge is -2.24. The van der Waals surface area contributed by atoms with Crippen LogP contribution in [-0.4, -0.2) is 25.8 Å². The van der Waals surface area contributed by atoms with Crippen LogP contribution in [0.4, 0.5) is 0 Å². The molecule has 0 saturated carbocycles. The van der Waals surface area contributed by atoms with E-state index in [1.807, 2.05) is 20.8 Å². The Kier molecular flexibility index (Phi) is 5.52. The molecule has 2 atom stereocenters. The van der Waals surface area contributed by atoms with Crippen molar-refractivity contribution in [2.75, 3.05) is 7.05 Å². The molecule has 0 heterocycles. The van der Waals surface area contributed by atoms with E-state index in [0.717, 1.165) is 18.4 Å². The predicted molar refractivity (Wildman–Crippen MR) is 78.4 cm³/mol. The molecule has 1 rings (SSSR count). The molecule has 0 amide bonds.